The summed E-state index contributed by atoms with van der Waals surface area (Å²) in [6.07, 6.45) is 4.97. The van der Waals surface area contributed by atoms with Crippen molar-refractivity contribution >= 4 is 0 Å². The first-order valence-corrected chi connectivity index (χ1v) is 7.70. The first-order chi connectivity index (χ1) is 8.02. The SMILES string of the molecule is CC.CC.CC/C(C)=C/C(C(C)C)C(C)CC. The Morgan fingerprint density at radius 1 is 0.941 bits per heavy atom. The zero-order chi connectivity index (χ0) is 14.4. The molecule has 2 atom stereocenters. The van der Waals surface area contributed by atoms with Gasteiger partial charge in [-0.1, -0.05) is 80.4 Å². The van der Waals surface area contributed by atoms with Gasteiger partial charge in [-0.05, 0) is 31.1 Å². The molecule has 0 radical (unpaired) electrons. The topological polar surface area (TPSA) is 0 Å². The maximum absolute atomic E-state index is 2.48. The Hall–Kier alpha value is -0.260. The highest BCUT2D eigenvalue weighted by Gasteiger charge is 2.16. The number of hydrogen-bond donors (Lipinski definition) is 0. The molecule has 0 heteroatoms. The van der Waals surface area contributed by atoms with Gasteiger partial charge in [0.15, 0.2) is 0 Å². The van der Waals surface area contributed by atoms with Gasteiger partial charge in [-0.15, -0.1) is 0 Å². The van der Waals surface area contributed by atoms with Gasteiger partial charge < -0.3 is 0 Å². The highest BCUT2D eigenvalue weighted by molar-refractivity contribution is 5.02. The van der Waals surface area contributed by atoms with Crippen molar-refractivity contribution < 1.29 is 0 Å². The molecule has 0 bridgehead atoms. The second kappa shape index (κ2) is 15.7. The number of hydrogen-bond acceptors (Lipinski definition) is 0. The van der Waals surface area contributed by atoms with E-state index < -0.39 is 0 Å². The van der Waals surface area contributed by atoms with E-state index in [1.54, 1.807) is 5.57 Å². The van der Waals surface area contributed by atoms with Gasteiger partial charge in [0.1, 0.15) is 0 Å². The fraction of sp³-hybridized carbons (Fsp3) is 0.882. The Balaban J connectivity index is -0.000000439. The molecule has 0 aliphatic heterocycles. The predicted octanol–water partition coefficient (Wildman–Crippen LogP) is 6.71. The van der Waals surface area contributed by atoms with E-state index in [1.807, 2.05) is 27.7 Å². The van der Waals surface area contributed by atoms with Crippen molar-refractivity contribution in [3.63, 3.8) is 0 Å². The van der Waals surface area contributed by atoms with Crippen LogP contribution in [0.4, 0.5) is 0 Å². The zero-order valence-electron chi connectivity index (χ0n) is 14.2. The first kappa shape index (κ1) is 22.0. The zero-order valence-corrected chi connectivity index (χ0v) is 14.2. The van der Waals surface area contributed by atoms with Crippen LogP contribution in [-0.4, -0.2) is 0 Å². The van der Waals surface area contributed by atoms with Crippen molar-refractivity contribution in [2.75, 3.05) is 0 Å². The molecule has 0 nitrogen and oxygen atoms in total. The molecule has 0 saturated carbocycles. The molecule has 0 aliphatic rings. The highest BCUT2D eigenvalue weighted by atomic mass is 14.2. The Bertz CT molecular complexity index is 153. The monoisotopic (exact) mass is 242 g/mol. The number of allylic oxidation sites excluding steroid dienone is 2. The fourth-order valence-corrected chi connectivity index (χ4v) is 1.73. The van der Waals surface area contributed by atoms with Crippen LogP contribution in [0.25, 0.3) is 0 Å². The number of rotatable bonds is 5. The van der Waals surface area contributed by atoms with Gasteiger partial charge in [0.2, 0.25) is 0 Å². The summed E-state index contributed by atoms with van der Waals surface area (Å²) >= 11 is 0. The molecule has 2 unspecified atom stereocenters. The molecule has 0 aromatic carbocycles. The van der Waals surface area contributed by atoms with Crippen molar-refractivity contribution in [3.05, 3.63) is 11.6 Å². The molecule has 0 fully saturated rings. The second-order valence-corrected chi connectivity index (χ2v) is 4.57. The quantitative estimate of drug-likeness (QED) is 0.470. The normalized spacial score (nSPS) is 14.2. The second-order valence-electron chi connectivity index (χ2n) is 4.57. The summed E-state index contributed by atoms with van der Waals surface area (Å²) < 4.78 is 0. The summed E-state index contributed by atoms with van der Waals surface area (Å²) in [5.41, 5.74) is 1.54. The van der Waals surface area contributed by atoms with Crippen LogP contribution in [-0.2, 0) is 0 Å². The minimum atomic E-state index is 0.768. The van der Waals surface area contributed by atoms with E-state index in [1.165, 1.54) is 12.8 Å². The largest absolute Gasteiger partial charge is 0.0820 e. The van der Waals surface area contributed by atoms with Crippen molar-refractivity contribution in [1.82, 2.24) is 0 Å². The first-order valence-electron chi connectivity index (χ1n) is 7.70. The van der Waals surface area contributed by atoms with Crippen LogP contribution in [0.15, 0.2) is 11.6 Å². The average Bonchev–Trinajstić information content (AvgIpc) is 2.39. The van der Waals surface area contributed by atoms with Crippen molar-refractivity contribution in [1.29, 1.82) is 0 Å². The van der Waals surface area contributed by atoms with E-state index in [0.717, 1.165) is 17.8 Å². The lowest BCUT2D eigenvalue weighted by molar-refractivity contribution is 0.324. The summed E-state index contributed by atoms with van der Waals surface area (Å²) in [5, 5.41) is 0. The van der Waals surface area contributed by atoms with Gasteiger partial charge in [-0.2, -0.15) is 0 Å². The van der Waals surface area contributed by atoms with E-state index in [-0.39, 0.29) is 0 Å². The third-order valence-electron chi connectivity index (χ3n) is 3.11. The Morgan fingerprint density at radius 3 is 1.59 bits per heavy atom. The lowest BCUT2D eigenvalue weighted by atomic mass is 9.81. The molecule has 17 heavy (non-hydrogen) atoms. The summed E-state index contributed by atoms with van der Waals surface area (Å²) in [7, 11) is 0. The summed E-state index contributed by atoms with van der Waals surface area (Å²) in [5.74, 6) is 2.36. The summed E-state index contributed by atoms with van der Waals surface area (Å²) in [6.45, 7) is 21.8. The van der Waals surface area contributed by atoms with Crippen LogP contribution < -0.4 is 0 Å². The van der Waals surface area contributed by atoms with E-state index in [4.69, 9.17) is 0 Å². The third kappa shape index (κ3) is 12.0. The maximum atomic E-state index is 2.48. The molecule has 0 aromatic rings. The van der Waals surface area contributed by atoms with Gasteiger partial charge in [0, 0.05) is 0 Å². The van der Waals surface area contributed by atoms with E-state index >= 15 is 0 Å². The van der Waals surface area contributed by atoms with Gasteiger partial charge in [0.05, 0.1) is 0 Å². The van der Waals surface area contributed by atoms with Crippen LogP contribution in [0, 0.1) is 17.8 Å². The molecule has 0 N–H and O–H groups in total. The molecule has 0 aliphatic carbocycles. The van der Waals surface area contributed by atoms with E-state index in [9.17, 15) is 0 Å². The van der Waals surface area contributed by atoms with Crippen molar-refractivity contribution in [3.8, 4) is 0 Å². The fourth-order valence-electron chi connectivity index (χ4n) is 1.73. The Kier molecular flexibility index (Phi) is 20.3. The third-order valence-corrected chi connectivity index (χ3v) is 3.11. The Morgan fingerprint density at radius 2 is 1.35 bits per heavy atom. The molecule has 0 heterocycles. The smallest absolute Gasteiger partial charge is 0.0182 e. The molecule has 0 amide bonds. The minimum absolute atomic E-state index is 0.768. The standard InChI is InChI=1S/C13H26.2C2H6/c1-7-11(5)9-13(10(3)4)12(6)8-2;2*1-2/h9-10,12-13H,7-8H2,1-6H3;2*1-2H3/b11-9+;;. The van der Waals surface area contributed by atoms with E-state index in [2.05, 4.69) is 47.6 Å². The van der Waals surface area contributed by atoms with Crippen molar-refractivity contribution in [2.45, 2.75) is 82.1 Å². The molecule has 0 rings (SSSR count). The minimum Gasteiger partial charge on any atom is -0.0820 e. The van der Waals surface area contributed by atoms with Crippen LogP contribution in [0.5, 0.6) is 0 Å². The lowest BCUT2D eigenvalue weighted by Gasteiger charge is -2.24. The van der Waals surface area contributed by atoms with Gasteiger partial charge in [0.25, 0.3) is 0 Å². The van der Waals surface area contributed by atoms with Gasteiger partial charge >= 0.3 is 0 Å². The van der Waals surface area contributed by atoms with E-state index in [0.29, 0.717) is 0 Å². The van der Waals surface area contributed by atoms with Crippen LogP contribution in [0.2, 0.25) is 0 Å². The predicted molar refractivity (Wildman–Crippen MR) is 84.5 cm³/mol. The molecule has 0 saturated heterocycles. The average molecular weight is 242 g/mol. The summed E-state index contributed by atoms with van der Waals surface area (Å²) in [6, 6.07) is 0. The summed E-state index contributed by atoms with van der Waals surface area (Å²) in [4.78, 5) is 0. The van der Waals surface area contributed by atoms with Gasteiger partial charge in [-0.3, -0.25) is 0 Å². The van der Waals surface area contributed by atoms with Crippen LogP contribution in [0.1, 0.15) is 82.1 Å². The van der Waals surface area contributed by atoms with Gasteiger partial charge in [-0.25, -0.2) is 0 Å². The van der Waals surface area contributed by atoms with Crippen LogP contribution >= 0.6 is 0 Å². The maximum Gasteiger partial charge on any atom is -0.0182 e. The molecule has 0 aromatic heterocycles. The highest BCUT2D eigenvalue weighted by Crippen LogP contribution is 2.26. The Labute approximate surface area is 112 Å². The lowest BCUT2D eigenvalue weighted by Crippen LogP contribution is -2.15. The molecule has 0 spiro atoms. The molecular formula is C17H38. The van der Waals surface area contributed by atoms with Crippen LogP contribution in [0.3, 0.4) is 0 Å². The van der Waals surface area contributed by atoms with Crippen molar-refractivity contribution in [2.24, 2.45) is 17.8 Å². The molecule has 106 valence electrons. The molecular weight excluding hydrogens is 204 g/mol.